The maximum absolute atomic E-state index is 13.2. The third kappa shape index (κ3) is 4.81. The fraction of sp³-hybridized carbons (Fsp3) is 0.533. The first-order chi connectivity index (χ1) is 9.69. The van der Waals surface area contributed by atoms with Crippen molar-refractivity contribution in [2.75, 3.05) is 13.2 Å². The van der Waals surface area contributed by atoms with Crippen molar-refractivity contribution in [3.8, 4) is 5.75 Å². The topological polar surface area (TPSA) is 50.4 Å². The molecule has 0 saturated heterocycles. The summed E-state index contributed by atoms with van der Waals surface area (Å²) in [5, 5.41) is 6.05. The number of hydrogen-bond donors (Lipinski definition) is 2. The molecule has 4 nitrogen and oxygen atoms in total. The summed E-state index contributed by atoms with van der Waals surface area (Å²) >= 11 is 0. The van der Waals surface area contributed by atoms with Crippen LogP contribution in [0.3, 0.4) is 0 Å². The molecule has 0 spiro atoms. The van der Waals surface area contributed by atoms with Gasteiger partial charge in [0.1, 0.15) is 11.6 Å². The van der Waals surface area contributed by atoms with E-state index in [1.807, 2.05) is 6.92 Å². The van der Waals surface area contributed by atoms with E-state index in [0.29, 0.717) is 31.4 Å². The number of carbonyl (C=O) groups excluding carboxylic acids is 1. The van der Waals surface area contributed by atoms with Crippen LogP contribution in [0.2, 0.25) is 0 Å². The molecule has 1 aliphatic carbocycles. The van der Waals surface area contributed by atoms with Crippen molar-refractivity contribution >= 4 is 5.91 Å². The summed E-state index contributed by atoms with van der Waals surface area (Å²) in [7, 11) is 0. The van der Waals surface area contributed by atoms with Crippen molar-refractivity contribution in [1.29, 1.82) is 0 Å². The van der Waals surface area contributed by atoms with Crippen molar-refractivity contribution in [2.24, 2.45) is 0 Å². The number of nitrogens with one attached hydrogen (secondary N) is 2. The molecular formula is C15H21FN2O2. The first-order valence-electron chi connectivity index (χ1n) is 7.10. The van der Waals surface area contributed by atoms with Crippen molar-refractivity contribution in [1.82, 2.24) is 10.6 Å². The summed E-state index contributed by atoms with van der Waals surface area (Å²) in [6, 6.07) is 4.82. The normalized spacial score (nSPS) is 14.1. The fourth-order valence-corrected chi connectivity index (χ4v) is 1.87. The summed E-state index contributed by atoms with van der Waals surface area (Å²) in [6.45, 7) is 3.66. The van der Waals surface area contributed by atoms with E-state index in [4.69, 9.17) is 4.74 Å². The maximum Gasteiger partial charge on any atom is 0.223 e. The summed E-state index contributed by atoms with van der Waals surface area (Å²) < 4.78 is 18.8. The number of ether oxygens (including phenoxy) is 1. The largest absolute Gasteiger partial charge is 0.493 e. The van der Waals surface area contributed by atoms with Crippen LogP contribution < -0.4 is 15.4 Å². The van der Waals surface area contributed by atoms with Crippen molar-refractivity contribution in [2.45, 2.75) is 38.8 Å². The highest BCUT2D eigenvalue weighted by Crippen LogP contribution is 2.20. The Labute approximate surface area is 118 Å². The summed E-state index contributed by atoms with van der Waals surface area (Å²) in [6.07, 6.45) is 2.49. The van der Waals surface area contributed by atoms with Crippen LogP contribution in [0.5, 0.6) is 5.75 Å². The molecule has 1 aromatic carbocycles. The fourth-order valence-electron chi connectivity index (χ4n) is 1.87. The van der Waals surface area contributed by atoms with E-state index in [-0.39, 0.29) is 11.7 Å². The molecule has 0 aliphatic heterocycles. The molecule has 0 aromatic heterocycles. The summed E-state index contributed by atoms with van der Waals surface area (Å²) in [5.41, 5.74) is 0.773. The average molecular weight is 280 g/mol. The van der Waals surface area contributed by atoms with E-state index in [0.717, 1.165) is 24.9 Å². The van der Waals surface area contributed by atoms with E-state index in [1.54, 1.807) is 6.07 Å². The number of rotatable bonds is 8. The van der Waals surface area contributed by atoms with Crippen molar-refractivity contribution in [3.63, 3.8) is 0 Å². The molecule has 0 heterocycles. The Morgan fingerprint density at radius 2 is 2.25 bits per heavy atom. The number of benzene rings is 1. The minimum Gasteiger partial charge on any atom is -0.493 e. The zero-order chi connectivity index (χ0) is 14.4. The van der Waals surface area contributed by atoms with Crippen molar-refractivity contribution in [3.05, 3.63) is 29.6 Å². The molecule has 20 heavy (non-hydrogen) atoms. The van der Waals surface area contributed by atoms with Gasteiger partial charge in [0.2, 0.25) is 5.91 Å². The quantitative estimate of drug-likeness (QED) is 0.765. The SMILES string of the molecule is CCNCc1cc(F)ccc1OCCC(=O)NC1CC1. The maximum atomic E-state index is 13.2. The lowest BCUT2D eigenvalue weighted by Gasteiger charge is -2.12. The van der Waals surface area contributed by atoms with E-state index in [1.165, 1.54) is 12.1 Å². The van der Waals surface area contributed by atoms with Gasteiger partial charge in [-0.1, -0.05) is 6.92 Å². The van der Waals surface area contributed by atoms with Gasteiger partial charge in [0.25, 0.3) is 0 Å². The Kier molecular flexibility index (Phi) is 5.35. The first kappa shape index (κ1) is 14.8. The molecule has 5 heteroatoms. The molecule has 1 aliphatic rings. The second-order valence-electron chi connectivity index (χ2n) is 4.97. The lowest BCUT2D eigenvalue weighted by molar-refractivity contribution is -0.121. The molecule has 0 radical (unpaired) electrons. The van der Waals surface area contributed by atoms with Gasteiger partial charge in [-0.15, -0.1) is 0 Å². The van der Waals surface area contributed by atoms with Crippen LogP contribution in [0.15, 0.2) is 18.2 Å². The lowest BCUT2D eigenvalue weighted by atomic mass is 10.2. The van der Waals surface area contributed by atoms with Crippen LogP contribution in [-0.2, 0) is 11.3 Å². The monoisotopic (exact) mass is 280 g/mol. The highest BCUT2D eigenvalue weighted by atomic mass is 19.1. The van der Waals surface area contributed by atoms with Gasteiger partial charge in [-0.3, -0.25) is 4.79 Å². The third-order valence-corrected chi connectivity index (χ3v) is 3.12. The Morgan fingerprint density at radius 3 is 2.95 bits per heavy atom. The number of hydrogen-bond acceptors (Lipinski definition) is 3. The van der Waals surface area contributed by atoms with Crippen LogP contribution in [0.1, 0.15) is 31.7 Å². The van der Waals surface area contributed by atoms with Crippen LogP contribution in [-0.4, -0.2) is 25.1 Å². The zero-order valence-corrected chi connectivity index (χ0v) is 11.7. The van der Waals surface area contributed by atoms with Gasteiger partial charge in [0, 0.05) is 18.2 Å². The molecule has 2 rings (SSSR count). The van der Waals surface area contributed by atoms with Gasteiger partial charge >= 0.3 is 0 Å². The van der Waals surface area contributed by atoms with Crippen molar-refractivity contribution < 1.29 is 13.9 Å². The minimum absolute atomic E-state index is 0.0165. The van der Waals surface area contributed by atoms with E-state index in [2.05, 4.69) is 10.6 Å². The predicted molar refractivity (Wildman–Crippen MR) is 75.1 cm³/mol. The Morgan fingerprint density at radius 1 is 1.45 bits per heavy atom. The van der Waals surface area contributed by atoms with Gasteiger partial charge in [-0.25, -0.2) is 4.39 Å². The second-order valence-corrected chi connectivity index (χ2v) is 4.97. The molecular weight excluding hydrogens is 259 g/mol. The van der Waals surface area contributed by atoms with Crippen LogP contribution >= 0.6 is 0 Å². The van der Waals surface area contributed by atoms with Gasteiger partial charge in [0.15, 0.2) is 0 Å². The highest BCUT2D eigenvalue weighted by molar-refractivity contribution is 5.76. The molecule has 0 atom stereocenters. The van der Waals surface area contributed by atoms with Gasteiger partial charge in [-0.05, 0) is 37.6 Å². The first-order valence-corrected chi connectivity index (χ1v) is 7.10. The molecule has 1 aromatic rings. The third-order valence-electron chi connectivity index (χ3n) is 3.12. The molecule has 0 bridgehead atoms. The van der Waals surface area contributed by atoms with Gasteiger partial charge in [0.05, 0.1) is 13.0 Å². The number of halogens is 1. The zero-order valence-electron chi connectivity index (χ0n) is 11.7. The number of carbonyl (C=O) groups is 1. The molecule has 0 unspecified atom stereocenters. The molecule has 1 fully saturated rings. The molecule has 2 N–H and O–H groups in total. The van der Waals surface area contributed by atoms with E-state index in [9.17, 15) is 9.18 Å². The Balaban J connectivity index is 1.82. The predicted octanol–water partition coefficient (Wildman–Crippen LogP) is 1.98. The van der Waals surface area contributed by atoms with Crippen LogP contribution in [0, 0.1) is 5.82 Å². The van der Waals surface area contributed by atoms with Crippen LogP contribution in [0.25, 0.3) is 0 Å². The standard InChI is InChI=1S/C15H21FN2O2/c1-2-17-10-11-9-12(16)3-6-14(11)20-8-7-15(19)18-13-4-5-13/h3,6,9,13,17H,2,4-5,7-8,10H2,1H3,(H,18,19). The van der Waals surface area contributed by atoms with E-state index >= 15 is 0 Å². The number of amides is 1. The average Bonchev–Trinajstić information content (AvgIpc) is 3.22. The van der Waals surface area contributed by atoms with Gasteiger partial charge < -0.3 is 15.4 Å². The smallest absolute Gasteiger partial charge is 0.223 e. The highest BCUT2D eigenvalue weighted by Gasteiger charge is 2.22. The molecule has 1 saturated carbocycles. The Bertz CT molecular complexity index is 461. The van der Waals surface area contributed by atoms with E-state index < -0.39 is 0 Å². The Hall–Kier alpha value is -1.62. The second kappa shape index (κ2) is 7.24. The van der Waals surface area contributed by atoms with Crippen LogP contribution in [0.4, 0.5) is 4.39 Å². The summed E-state index contributed by atoms with van der Waals surface area (Å²) in [4.78, 5) is 11.5. The summed E-state index contributed by atoms with van der Waals surface area (Å²) in [5.74, 6) is 0.367. The van der Waals surface area contributed by atoms with Gasteiger partial charge in [-0.2, -0.15) is 0 Å². The minimum atomic E-state index is -0.281. The molecule has 1 amide bonds. The lowest BCUT2D eigenvalue weighted by Crippen LogP contribution is -2.26. The molecule has 110 valence electrons.